The van der Waals surface area contributed by atoms with Crippen LogP contribution in [0.5, 0.6) is 5.75 Å². The Hall–Kier alpha value is -2.33. The first-order chi connectivity index (χ1) is 12.3. The molecule has 0 aliphatic rings. The second-order valence-electron chi connectivity index (χ2n) is 6.76. The molecule has 1 N–H and O–H groups in total. The van der Waals surface area contributed by atoms with E-state index in [0.29, 0.717) is 29.3 Å². The molecule has 0 saturated heterocycles. The maximum Gasteiger partial charge on any atom is 0.257 e. The van der Waals surface area contributed by atoms with Crippen LogP contribution in [-0.4, -0.2) is 24.8 Å². The van der Waals surface area contributed by atoms with E-state index in [0.717, 1.165) is 5.56 Å². The first-order valence-electron chi connectivity index (χ1n) is 8.60. The largest absolute Gasteiger partial charge is 0.484 e. The van der Waals surface area contributed by atoms with E-state index in [9.17, 15) is 9.59 Å². The van der Waals surface area contributed by atoms with Crippen molar-refractivity contribution in [3.05, 3.63) is 64.7 Å². The molecule has 0 bridgehead atoms. The third kappa shape index (κ3) is 5.60. The van der Waals surface area contributed by atoms with Gasteiger partial charge < -0.3 is 10.1 Å². The minimum absolute atomic E-state index is 0.0717. The van der Waals surface area contributed by atoms with E-state index in [1.165, 1.54) is 0 Å². The van der Waals surface area contributed by atoms with Crippen LogP contribution < -0.4 is 10.1 Å². The highest BCUT2D eigenvalue weighted by Crippen LogP contribution is 2.23. The fourth-order valence-corrected chi connectivity index (χ4v) is 2.59. The Kier molecular flexibility index (Phi) is 6.81. The Morgan fingerprint density at radius 2 is 1.65 bits per heavy atom. The van der Waals surface area contributed by atoms with Crippen molar-refractivity contribution in [3.63, 3.8) is 0 Å². The lowest BCUT2D eigenvalue weighted by Crippen LogP contribution is -2.38. The normalized spacial score (nSPS) is 11.1. The summed E-state index contributed by atoms with van der Waals surface area (Å²) in [6, 6.07) is 14.4. The highest BCUT2D eigenvalue weighted by atomic mass is 35.5. The zero-order valence-corrected chi connectivity index (χ0v) is 16.1. The van der Waals surface area contributed by atoms with Crippen molar-refractivity contribution < 1.29 is 14.3 Å². The van der Waals surface area contributed by atoms with Crippen LogP contribution in [0, 0.1) is 0 Å². The standard InChI is InChI=1S/C21H24ClNO3/c1-4-19(24)15-5-11-18(12-6-15)26-13-20(25)23-14-21(2,3)16-7-9-17(22)10-8-16/h5-12H,4,13-14H2,1-3H3,(H,23,25). The molecule has 0 aromatic heterocycles. The zero-order valence-electron chi connectivity index (χ0n) is 15.3. The predicted molar refractivity (Wildman–Crippen MR) is 104 cm³/mol. The average Bonchev–Trinajstić information content (AvgIpc) is 2.65. The topological polar surface area (TPSA) is 55.4 Å². The SMILES string of the molecule is CCC(=O)c1ccc(OCC(=O)NCC(C)(C)c2ccc(Cl)cc2)cc1. The van der Waals surface area contributed by atoms with Crippen LogP contribution in [0.3, 0.4) is 0 Å². The van der Waals surface area contributed by atoms with Crippen molar-refractivity contribution in [2.75, 3.05) is 13.2 Å². The first-order valence-corrected chi connectivity index (χ1v) is 8.98. The summed E-state index contributed by atoms with van der Waals surface area (Å²) < 4.78 is 5.48. The van der Waals surface area contributed by atoms with E-state index in [-0.39, 0.29) is 23.7 Å². The highest BCUT2D eigenvalue weighted by molar-refractivity contribution is 6.30. The van der Waals surface area contributed by atoms with Gasteiger partial charge in [0.1, 0.15) is 5.75 Å². The van der Waals surface area contributed by atoms with Crippen molar-refractivity contribution in [2.24, 2.45) is 0 Å². The molecule has 0 aliphatic heterocycles. The van der Waals surface area contributed by atoms with Crippen LogP contribution >= 0.6 is 11.6 Å². The molecule has 2 aromatic carbocycles. The third-order valence-corrected chi connectivity index (χ3v) is 4.47. The van der Waals surface area contributed by atoms with E-state index >= 15 is 0 Å². The van der Waals surface area contributed by atoms with Crippen molar-refractivity contribution in [3.8, 4) is 5.75 Å². The van der Waals surface area contributed by atoms with Gasteiger partial charge in [-0.1, -0.05) is 44.5 Å². The fraction of sp³-hybridized carbons (Fsp3) is 0.333. The van der Waals surface area contributed by atoms with E-state index in [1.807, 2.05) is 31.2 Å². The van der Waals surface area contributed by atoms with Gasteiger partial charge in [-0.25, -0.2) is 0 Å². The fourth-order valence-electron chi connectivity index (χ4n) is 2.46. The van der Waals surface area contributed by atoms with Gasteiger partial charge >= 0.3 is 0 Å². The second-order valence-corrected chi connectivity index (χ2v) is 7.19. The molecular weight excluding hydrogens is 350 g/mol. The third-order valence-electron chi connectivity index (χ3n) is 4.22. The molecule has 5 heteroatoms. The van der Waals surface area contributed by atoms with E-state index in [2.05, 4.69) is 19.2 Å². The van der Waals surface area contributed by atoms with Crippen LogP contribution in [0.4, 0.5) is 0 Å². The minimum atomic E-state index is -0.220. The number of hydrogen-bond donors (Lipinski definition) is 1. The van der Waals surface area contributed by atoms with Gasteiger partial charge in [0.15, 0.2) is 12.4 Å². The Labute approximate surface area is 159 Å². The van der Waals surface area contributed by atoms with Crippen LogP contribution in [0.15, 0.2) is 48.5 Å². The van der Waals surface area contributed by atoms with Crippen molar-refractivity contribution in [1.29, 1.82) is 0 Å². The van der Waals surface area contributed by atoms with E-state index in [4.69, 9.17) is 16.3 Å². The van der Waals surface area contributed by atoms with Gasteiger partial charge in [0.2, 0.25) is 0 Å². The maximum absolute atomic E-state index is 12.1. The summed E-state index contributed by atoms with van der Waals surface area (Å²) in [5.41, 5.74) is 1.52. The molecule has 1 amide bonds. The van der Waals surface area contributed by atoms with Crippen molar-refractivity contribution in [2.45, 2.75) is 32.6 Å². The lowest BCUT2D eigenvalue weighted by Gasteiger charge is -2.25. The summed E-state index contributed by atoms with van der Waals surface area (Å²) in [5, 5.41) is 3.58. The number of carbonyl (C=O) groups excluding carboxylic acids is 2. The predicted octanol–water partition coefficient (Wildman–Crippen LogP) is 4.41. The number of carbonyl (C=O) groups is 2. The van der Waals surface area contributed by atoms with Gasteiger partial charge in [0.05, 0.1) is 0 Å². The molecule has 0 aliphatic carbocycles. The smallest absolute Gasteiger partial charge is 0.257 e. The molecule has 26 heavy (non-hydrogen) atoms. The van der Waals surface area contributed by atoms with Gasteiger partial charge in [0.25, 0.3) is 5.91 Å². The first kappa shape index (κ1) is 20.0. The van der Waals surface area contributed by atoms with Crippen LogP contribution in [0.2, 0.25) is 5.02 Å². The lowest BCUT2D eigenvalue weighted by molar-refractivity contribution is -0.123. The highest BCUT2D eigenvalue weighted by Gasteiger charge is 2.21. The second kappa shape index (κ2) is 8.86. The molecule has 0 radical (unpaired) electrons. The Bertz CT molecular complexity index is 752. The van der Waals surface area contributed by atoms with E-state index < -0.39 is 0 Å². The van der Waals surface area contributed by atoms with E-state index in [1.54, 1.807) is 24.3 Å². The zero-order chi connectivity index (χ0) is 19.2. The summed E-state index contributed by atoms with van der Waals surface area (Å²) in [6.07, 6.45) is 0.464. The number of rotatable bonds is 8. The molecule has 2 aromatic rings. The Morgan fingerprint density at radius 1 is 1.04 bits per heavy atom. The average molecular weight is 374 g/mol. The Morgan fingerprint density at radius 3 is 2.23 bits per heavy atom. The number of ketones is 1. The van der Waals surface area contributed by atoms with Gasteiger partial charge in [0, 0.05) is 29.0 Å². The quantitative estimate of drug-likeness (QED) is 0.697. The van der Waals surface area contributed by atoms with Crippen LogP contribution in [0.1, 0.15) is 43.1 Å². The molecule has 0 saturated carbocycles. The number of nitrogens with one attached hydrogen (secondary N) is 1. The number of halogens is 1. The van der Waals surface area contributed by atoms with Crippen molar-refractivity contribution >= 4 is 23.3 Å². The number of ether oxygens (including phenoxy) is 1. The molecular formula is C21H24ClNO3. The van der Waals surface area contributed by atoms with Gasteiger partial charge in [-0.15, -0.1) is 0 Å². The van der Waals surface area contributed by atoms with Gasteiger partial charge in [-0.3, -0.25) is 9.59 Å². The van der Waals surface area contributed by atoms with Crippen molar-refractivity contribution in [1.82, 2.24) is 5.32 Å². The summed E-state index contributed by atoms with van der Waals surface area (Å²) in [6.45, 7) is 6.35. The molecule has 4 nitrogen and oxygen atoms in total. The van der Waals surface area contributed by atoms with Crippen LogP contribution in [-0.2, 0) is 10.2 Å². The lowest BCUT2D eigenvalue weighted by atomic mass is 9.84. The number of amides is 1. The molecule has 2 rings (SSSR count). The Balaban J connectivity index is 1.83. The molecule has 138 valence electrons. The summed E-state index contributed by atoms with van der Waals surface area (Å²) >= 11 is 5.92. The van der Waals surface area contributed by atoms with Gasteiger partial charge in [-0.05, 0) is 42.0 Å². The molecule has 0 unspecified atom stereocenters. The maximum atomic E-state index is 12.1. The number of benzene rings is 2. The monoisotopic (exact) mass is 373 g/mol. The summed E-state index contributed by atoms with van der Waals surface area (Å²) in [4.78, 5) is 23.7. The molecule has 0 heterocycles. The summed E-state index contributed by atoms with van der Waals surface area (Å²) in [5.74, 6) is 0.448. The number of Topliss-reactive ketones (excluding diaryl/α,β-unsaturated/α-hetero) is 1. The molecule has 0 spiro atoms. The molecule has 0 fully saturated rings. The number of hydrogen-bond acceptors (Lipinski definition) is 3. The van der Waals surface area contributed by atoms with Gasteiger partial charge in [-0.2, -0.15) is 0 Å². The molecule has 0 atom stereocenters. The summed E-state index contributed by atoms with van der Waals surface area (Å²) in [7, 11) is 0. The van der Waals surface area contributed by atoms with Crippen LogP contribution in [0.25, 0.3) is 0 Å². The minimum Gasteiger partial charge on any atom is -0.484 e.